The van der Waals surface area contributed by atoms with Gasteiger partial charge in [-0.2, -0.15) is 0 Å². The number of fused-ring (bicyclic) bond motifs is 1. The molecule has 1 spiro atoms. The summed E-state index contributed by atoms with van der Waals surface area (Å²) in [6, 6.07) is 7.35. The number of carboxylic acids is 1. The van der Waals surface area contributed by atoms with Crippen LogP contribution in [-0.2, 0) is 14.3 Å². The molecule has 3 aliphatic rings. The Kier molecular flexibility index (Phi) is 3.41. The molecule has 1 amide bonds. The lowest BCUT2D eigenvalue weighted by Crippen LogP contribution is -2.46. The highest BCUT2D eigenvalue weighted by Gasteiger charge is 2.69. The lowest BCUT2D eigenvalue weighted by Gasteiger charge is -2.33. The maximum Gasteiger partial charge on any atom is 0.234 e. The first kappa shape index (κ1) is 16.1. The number of rotatable bonds is 4. The number of carboxylic acid groups (broad SMARTS) is 1. The molecule has 1 aromatic carbocycles. The molecular weight excluding hydrogens is 318 g/mol. The van der Waals surface area contributed by atoms with E-state index in [1.807, 2.05) is 44.2 Å². The van der Waals surface area contributed by atoms with Gasteiger partial charge in [0.15, 0.2) is 0 Å². The summed E-state index contributed by atoms with van der Waals surface area (Å²) in [5, 5.41) is 11.7. The number of carbonyl (C=O) groups is 2. The second-order valence-electron chi connectivity index (χ2n) is 7.34. The first-order valence-corrected chi connectivity index (χ1v) is 8.47. The van der Waals surface area contributed by atoms with Crippen LogP contribution in [0.5, 0.6) is 0 Å². The predicted octanol–water partition coefficient (Wildman–Crippen LogP) is 1.37. The number of amides is 1. The third-order valence-electron chi connectivity index (χ3n) is 5.55. The maximum atomic E-state index is 13.3. The third-order valence-corrected chi connectivity index (χ3v) is 5.55. The van der Waals surface area contributed by atoms with Gasteiger partial charge in [-0.05, 0) is 32.4 Å². The van der Waals surface area contributed by atoms with Crippen LogP contribution in [0.3, 0.4) is 0 Å². The van der Waals surface area contributed by atoms with Gasteiger partial charge in [0, 0.05) is 17.6 Å². The maximum absolute atomic E-state index is 13.3. The van der Waals surface area contributed by atoms with E-state index in [2.05, 4.69) is 6.58 Å². The topological polar surface area (TPSA) is 69.7 Å². The van der Waals surface area contributed by atoms with Crippen molar-refractivity contribution in [1.29, 1.82) is 0 Å². The van der Waals surface area contributed by atoms with Crippen molar-refractivity contribution in [3.8, 4) is 0 Å². The molecule has 4 rings (SSSR count). The largest absolute Gasteiger partial charge is 0.550 e. The summed E-state index contributed by atoms with van der Waals surface area (Å²) < 4.78 is 6.08. The van der Waals surface area contributed by atoms with Crippen molar-refractivity contribution in [3.63, 3.8) is 0 Å². The summed E-state index contributed by atoms with van der Waals surface area (Å²) in [5.74, 6) is -3.13. The zero-order valence-corrected chi connectivity index (χ0v) is 14.3. The highest BCUT2D eigenvalue weighted by molar-refractivity contribution is 6.03. The van der Waals surface area contributed by atoms with E-state index < -0.39 is 29.5 Å². The molecule has 0 aliphatic carbocycles. The monoisotopic (exact) mass is 338 g/mol. The number of aryl methyl sites for hydroxylation is 1. The number of ether oxygens (including phenoxy) is 1. The Hall–Kier alpha value is -2.40. The van der Waals surface area contributed by atoms with E-state index in [-0.39, 0.29) is 11.9 Å². The van der Waals surface area contributed by atoms with Crippen LogP contribution in [0, 0.1) is 18.8 Å². The second-order valence-corrected chi connectivity index (χ2v) is 7.34. The van der Waals surface area contributed by atoms with Crippen LogP contribution >= 0.6 is 0 Å². The van der Waals surface area contributed by atoms with Crippen molar-refractivity contribution < 1.29 is 19.4 Å². The molecule has 5 atom stereocenters. The number of carbonyl (C=O) groups excluding carboxylic acids is 2. The Morgan fingerprint density at radius 2 is 2.04 bits per heavy atom. The third kappa shape index (κ3) is 2.12. The van der Waals surface area contributed by atoms with Crippen LogP contribution < -0.4 is 10.0 Å². The Morgan fingerprint density at radius 3 is 2.64 bits per heavy atom. The Labute approximate surface area is 146 Å². The molecule has 2 bridgehead atoms. The fourth-order valence-electron chi connectivity index (χ4n) is 4.51. The zero-order chi connectivity index (χ0) is 17.9. The van der Waals surface area contributed by atoms with Crippen molar-refractivity contribution in [3.05, 3.63) is 54.1 Å². The van der Waals surface area contributed by atoms with E-state index >= 15 is 0 Å². The van der Waals surface area contributed by atoms with Crippen LogP contribution in [0.4, 0.5) is 5.69 Å². The molecule has 0 saturated carbocycles. The van der Waals surface area contributed by atoms with E-state index in [0.29, 0.717) is 6.42 Å². The lowest BCUT2D eigenvalue weighted by molar-refractivity contribution is -0.313. The minimum absolute atomic E-state index is 0.212. The molecule has 2 saturated heterocycles. The first-order valence-electron chi connectivity index (χ1n) is 8.47. The van der Waals surface area contributed by atoms with E-state index in [1.54, 1.807) is 11.0 Å². The molecular formula is C20H20NO4-. The quantitative estimate of drug-likeness (QED) is 0.778. The predicted molar refractivity (Wildman–Crippen MR) is 90.6 cm³/mol. The molecule has 0 aromatic heterocycles. The SMILES string of the molecule is C=C(C)C[C@@H]1N(c2ccc(C)cc2)C(=O)[C@H]2[C@@H](C(=O)[O-])[C@H]3C=C[C@]12O3. The summed E-state index contributed by atoms with van der Waals surface area (Å²) in [6.07, 6.45) is 3.59. The van der Waals surface area contributed by atoms with Gasteiger partial charge in [0.25, 0.3) is 0 Å². The van der Waals surface area contributed by atoms with E-state index in [0.717, 1.165) is 16.8 Å². The molecule has 5 heteroatoms. The number of nitrogens with zero attached hydrogens (tertiary/aromatic N) is 1. The number of benzene rings is 1. The smallest absolute Gasteiger partial charge is 0.234 e. The van der Waals surface area contributed by atoms with Gasteiger partial charge in [-0.3, -0.25) is 4.79 Å². The highest BCUT2D eigenvalue weighted by Crippen LogP contribution is 2.56. The second kappa shape index (κ2) is 5.30. The van der Waals surface area contributed by atoms with Crippen LogP contribution in [0.25, 0.3) is 0 Å². The number of hydrogen-bond donors (Lipinski definition) is 0. The van der Waals surface area contributed by atoms with Gasteiger partial charge < -0.3 is 19.5 Å². The molecule has 130 valence electrons. The van der Waals surface area contributed by atoms with Crippen LogP contribution in [0.2, 0.25) is 0 Å². The molecule has 0 radical (unpaired) electrons. The van der Waals surface area contributed by atoms with E-state index in [1.165, 1.54) is 0 Å². The summed E-state index contributed by atoms with van der Waals surface area (Å²) in [6.45, 7) is 7.87. The van der Waals surface area contributed by atoms with Gasteiger partial charge in [0.1, 0.15) is 5.60 Å². The molecule has 0 N–H and O–H groups in total. The van der Waals surface area contributed by atoms with Crippen molar-refractivity contribution >= 4 is 17.6 Å². The van der Waals surface area contributed by atoms with Crippen molar-refractivity contribution in [2.75, 3.05) is 4.90 Å². The first-order chi connectivity index (χ1) is 11.8. The Bertz CT molecular complexity index is 796. The average molecular weight is 338 g/mol. The lowest BCUT2D eigenvalue weighted by atomic mass is 9.74. The minimum Gasteiger partial charge on any atom is -0.550 e. The summed E-state index contributed by atoms with van der Waals surface area (Å²) in [7, 11) is 0. The summed E-state index contributed by atoms with van der Waals surface area (Å²) in [4.78, 5) is 26.6. The Balaban J connectivity index is 1.84. The van der Waals surface area contributed by atoms with E-state index in [4.69, 9.17) is 4.74 Å². The van der Waals surface area contributed by atoms with Crippen LogP contribution in [0.15, 0.2) is 48.6 Å². The fourth-order valence-corrected chi connectivity index (χ4v) is 4.51. The molecule has 2 fully saturated rings. The summed E-state index contributed by atoms with van der Waals surface area (Å²) in [5.41, 5.74) is 1.84. The molecule has 1 aromatic rings. The van der Waals surface area contributed by atoms with Crippen LogP contribution in [0.1, 0.15) is 18.9 Å². The van der Waals surface area contributed by atoms with Crippen molar-refractivity contribution in [1.82, 2.24) is 0 Å². The molecule has 25 heavy (non-hydrogen) atoms. The zero-order valence-electron chi connectivity index (χ0n) is 14.3. The molecule has 3 aliphatic heterocycles. The van der Waals surface area contributed by atoms with Crippen molar-refractivity contribution in [2.45, 2.75) is 38.0 Å². The standard InChI is InChI=1S/C20H21NO4/c1-11(2)10-15-20-9-8-14(25-20)16(19(23)24)17(20)18(22)21(15)13-6-4-12(3)5-7-13/h4-9,14-17H,1,10H2,2-3H3,(H,23,24)/p-1/t14-,15+,16+,17-,20+/m1/s1. The average Bonchev–Trinajstić information content (AvgIpc) is 3.18. The molecule has 0 unspecified atom stereocenters. The summed E-state index contributed by atoms with van der Waals surface area (Å²) >= 11 is 0. The number of anilines is 1. The number of aliphatic carboxylic acids is 1. The van der Waals surface area contributed by atoms with Gasteiger partial charge in [0.2, 0.25) is 5.91 Å². The van der Waals surface area contributed by atoms with Gasteiger partial charge in [-0.1, -0.05) is 35.4 Å². The molecule has 3 heterocycles. The van der Waals surface area contributed by atoms with Gasteiger partial charge in [-0.15, -0.1) is 6.58 Å². The van der Waals surface area contributed by atoms with Crippen molar-refractivity contribution in [2.24, 2.45) is 11.8 Å². The van der Waals surface area contributed by atoms with Gasteiger partial charge in [-0.25, -0.2) is 0 Å². The normalized spacial score (nSPS) is 35.3. The van der Waals surface area contributed by atoms with Gasteiger partial charge in [0.05, 0.1) is 18.1 Å². The van der Waals surface area contributed by atoms with Gasteiger partial charge >= 0.3 is 0 Å². The Morgan fingerprint density at radius 1 is 1.36 bits per heavy atom. The fraction of sp³-hybridized carbons (Fsp3) is 0.400. The van der Waals surface area contributed by atoms with Crippen LogP contribution in [-0.4, -0.2) is 29.6 Å². The van der Waals surface area contributed by atoms with E-state index in [9.17, 15) is 14.7 Å². The highest BCUT2D eigenvalue weighted by atomic mass is 16.5. The minimum atomic E-state index is -1.23. The number of hydrogen-bond acceptors (Lipinski definition) is 4. The molecule has 5 nitrogen and oxygen atoms in total.